The van der Waals surface area contributed by atoms with Crippen LogP contribution >= 0.6 is 0 Å². The summed E-state index contributed by atoms with van der Waals surface area (Å²) in [4.78, 5) is 12.3. The van der Waals surface area contributed by atoms with Gasteiger partial charge in [0.25, 0.3) is 0 Å². The number of aliphatic hydroxyl groups is 1. The van der Waals surface area contributed by atoms with Gasteiger partial charge in [0.1, 0.15) is 0 Å². The minimum atomic E-state index is -0.520. The van der Waals surface area contributed by atoms with Crippen LogP contribution in [-0.4, -0.2) is 34.7 Å². The fraction of sp³-hybridized carbons (Fsp3) is 0.933. The van der Waals surface area contributed by atoms with Gasteiger partial charge in [-0.25, -0.2) is 0 Å². The van der Waals surface area contributed by atoms with E-state index in [-0.39, 0.29) is 17.9 Å². The van der Waals surface area contributed by atoms with Crippen LogP contribution in [0.1, 0.15) is 58.3 Å². The fourth-order valence-electron chi connectivity index (χ4n) is 3.62. The Morgan fingerprint density at radius 3 is 2.53 bits per heavy atom. The van der Waals surface area contributed by atoms with E-state index in [4.69, 9.17) is 0 Å². The van der Waals surface area contributed by atoms with Gasteiger partial charge in [0.15, 0.2) is 0 Å². The number of rotatable bonds is 2. The van der Waals surface area contributed by atoms with Crippen molar-refractivity contribution in [2.24, 2.45) is 5.92 Å². The number of amides is 1. The monoisotopic (exact) mass is 266 g/mol. The number of carbonyl (C=O) groups excluding carboxylic acids is 1. The average Bonchev–Trinajstić information content (AvgIpc) is 3.11. The maximum atomic E-state index is 12.3. The highest BCUT2D eigenvalue weighted by Crippen LogP contribution is 2.44. The summed E-state index contributed by atoms with van der Waals surface area (Å²) in [5, 5.41) is 16.7. The molecule has 0 aromatic rings. The summed E-state index contributed by atoms with van der Waals surface area (Å²) in [6.07, 6.45) is 7.89. The van der Waals surface area contributed by atoms with E-state index < -0.39 is 5.60 Å². The van der Waals surface area contributed by atoms with Crippen molar-refractivity contribution in [2.75, 3.05) is 6.54 Å². The van der Waals surface area contributed by atoms with Crippen molar-refractivity contribution in [1.29, 1.82) is 0 Å². The molecule has 2 saturated carbocycles. The zero-order chi connectivity index (χ0) is 13.5. The Morgan fingerprint density at radius 1 is 1.21 bits per heavy atom. The highest BCUT2D eigenvalue weighted by atomic mass is 16.3. The molecule has 0 aromatic carbocycles. The Morgan fingerprint density at radius 2 is 1.89 bits per heavy atom. The van der Waals surface area contributed by atoms with E-state index in [9.17, 15) is 9.90 Å². The molecular weight excluding hydrogens is 240 g/mol. The van der Waals surface area contributed by atoms with E-state index >= 15 is 0 Å². The van der Waals surface area contributed by atoms with Crippen LogP contribution in [0, 0.1) is 5.92 Å². The molecule has 3 N–H and O–H groups in total. The van der Waals surface area contributed by atoms with Crippen LogP contribution < -0.4 is 10.6 Å². The van der Waals surface area contributed by atoms with E-state index in [1.54, 1.807) is 0 Å². The molecular formula is C15H26N2O2. The first-order valence-corrected chi connectivity index (χ1v) is 7.76. The highest BCUT2D eigenvalue weighted by molar-refractivity contribution is 5.79. The molecule has 0 aromatic heterocycles. The van der Waals surface area contributed by atoms with Crippen molar-refractivity contribution in [2.45, 2.75) is 75.5 Å². The third-order valence-corrected chi connectivity index (χ3v) is 5.26. The van der Waals surface area contributed by atoms with Gasteiger partial charge in [-0.15, -0.1) is 0 Å². The second kappa shape index (κ2) is 4.74. The summed E-state index contributed by atoms with van der Waals surface area (Å²) in [6.45, 7) is 2.88. The zero-order valence-corrected chi connectivity index (χ0v) is 11.9. The number of piperidine rings is 1. The number of nitrogens with one attached hydrogen (secondary N) is 2. The molecule has 4 nitrogen and oxygen atoms in total. The SMILES string of the molecule is C[C@]1(O)CC[C@H](NC(=O)C2CCNC3(CC3)C2)CC1. The molecule has 1 saturated heterocycles. The van der Waals surface area contributed by atoms with Gasteiger partial charge in [-0.1, -0.05) is 0 Å². The molecule has 1 atom stereocenters. The maximum absolute atomic E-state index is 12.3. The van der Waals surface area contributed by atoms with E-state index in [0.29, 0.717) is 5.54 Å². The molecule has 3 rings (SSSR count). The van der Waals surface area contributed by atoms with Crippen LogP contribution in [0.3, 0.4) is 0 Å². The van der Waals surface area contributed by atoms with Gasteiger partial charge in [-0.05, 0) is 64.8 Å². The lowest BCUT2D eigenvalue weighted by atomic mass is 9.83. The van der Waals surface area contributed by atoms with Gasteiger partial charge < -0.3 is 15.7 Å². The lowest BCUT2D eigenvalue weighted by Gasteiger charge is -2.35. The Labute approximate surface area is 115 Å². The largest absolute Gasteiger partial charge is 0.390 e. The first-order valence-electron chi connectivity index (χ1n) is 7.76. The van der Waals surface area contributed by atoms with Gasteiger partial charge in [0, 0.05) is 17.5 Å². The summed E-state index contributed by atoms with van der Waals surface area (Å²) in [6, 6.07) is 0.276. The predicted molar refractivity (Wildman–Crippen MR) is 73.7 cm³/mol. The third-order valence-electron chi connectivity index (χ3n) is 5.26. The van der Waals surface area contributed by atoms with Crippen LogP contribution in [0.4, 0.5) is 0 Å². The number of hydrogen-bond donors (Lipinski definition) is 3. The molecule has 4 heteroatoms. The molecule has 108 valence electrons. The summed E-state index contributed by atoms with van der Waals surface area (Å²) in [5.74, 6) is 0.450. The third kappa shape index (κ3) is 3.11. The summed E-state index contributed by atoms with van der Waals surface area (Å²) >= 11 is 0. The van der Waals surface area contributed by atoms with Crippen molar-refractivity contribution in [3.8, 4) is 0 Å². The summed E-state index contributed by atoms with van der Waals surface area (Å²) in [5.41, 5.74) is -0.204. The van der Waals surface area contributed by atoms with Crippen molar-refractivity contribution < 1.29 is 9.90 Å². The van der Waals surface area contributed by atoms with Crippen LogP contribution in [-0.2, 0) is 4.79 Å². The number of carbonyl (C=O) groups is 1. The molecule has 19 heavy (non-hydrogen) atoms. The Bertz CT molecular complexity index is 353. The number of hydrogen-bond acceptors (Lipinski definition) is 3. The van der Waals surface area contributed by atoms with Gasteiger partial charge in [0.2, 0.25) is 5.91 Å². The molecule has 0 radical (unpaired) electrons. The van der Waals surface area contributed by atoms with Gasteiger partial charge in [-0.3, -0.25) is 4.79 Å². The van der Waals surface area contributed by atoms with Gasteiger partial charge in [-0.2, -0.15) is 0 Å². The topological polar surface area (TPSA) is 61.4 Å². The minimum absolute atomic E-state index is 0.200. The normalized spacial score (nSPS) is 40.9. The molecule has 1 amide bonds. The first kappa shape index (κ1) is 13.4. The molecule has 3 fully saturated rings. The Kier molecular flexibility index (Phi) is 3.34. The van der Waals surface area contributed by atoms with Crippen molar-refractivity contribution in [1.82, 2.24) is 10.6 Å². The molecule has 3 aliphatic rings. The first-order chi connectivity index (χ1) is 8.98. The quantitative estimate of drug-likeness (QED) is 0.706. The zero-order valence-electron chi connectivity index (χ0n) is 11.9. The predicted octanol–water partition coefficient (Wildman–Crippen LogP) is 1.33. The van der Waals surface area contributed by atoms with Gasteiger partial charge in [0.05, 0.1) is 5.60 Å². The van der Waals surface area contributed by atoms with Crippen molar-refractivity contribution in [3.63, 3.8) is 0 Å². The second-order valence-electron chi connectivity index (χ2n) is 7.18. The standard InChI is InChI=1S/C15H26N2O2/c1-14(19)5-2-12(3-6-14)17-13(18)11-4-9-16-15(10-11)7-8-15/h11-12,16,19H,2-10H2,1H3,(H,17,18)/t11?,12-,14-. The molecule has 1 spiro atoms. The molecule has 1 heterocycles. The van der Waals surface area contributed by atoms with Gasteiger partial charge >= 0.3 is 0 Å². The molecule has 0 bridgehead atoms. The summed E-state index contributed by atoms with van der Waals surface area (Å²) < 4.78 is 0. The van der Waals surface area contributed by atoms with Crippen LogP contribution in [0.15, 0.2) is 0 Å². The maximum Gasteiger partial charge on any atom is 0.223 e. The van der Waals surface area contributed by atoms with E-state index in [1.165, 1.54) is 12.8 Å². The van der Waals surface area contributed by atoms with Crippen LogP contribution in [0.5, 0.6) is 0 Å². The van der Waals surface area contributed by atoms with Crippen LogP contribution in [0.25, 0.3) is 0 Å². The minimum Gasteiger partial charge on any atom is -0.390 e. The average molecular weight is 266 g/mol. The second-order valence-corrected chi connectivity index (χ2v) is 7.18. The van der Waals surface area contributed by atoms with E-state index in [1.807, 2.05) is 6.92 Å². The molecule has 1 unspecified atom stereocenters. The summed E-state index contributed by atoms with van der Waals surface area (Å²) in [7, 11) is 0. The van der Waals surface area contributed by atoms with E-state index in [2.05, 4.69) is 10.6 Å². The molecule has 1 aliphatic heterocycles. The Hall–Kier alpha value is -0.610. The van der Waals surface area contributed by atoms with Crippen molar-refractivity contribution in [3.05, 3.63) is 0 Å². The lowest BCUT2D eigenvalue weighted by molar-refractivity contribution is -0.127. The fourth-order valence-corrected chi connectivity index (χ4v) is 3.62. The van der Waals surface area contributed by atoms with Crippen LogP contribution in [0.2, 0.25) is 0 Å². The van der Waals surface area contributed by atoms with Crippen molar-refractivity contribution >= 4 is 5.91 Å². The molecule has 2 aliphatic carbocycles. The smallest absolute Gasteiger partial charge is 0.223 e. The Balaban J connectivity index is 1.48. The van der Waals surface area contributed by atoms with E-state index in [0.717, 1.165) is 45.1 Å². The lowest BCUT2D eigenvalue weighted by Crippen LogP contribution is -2.48. The highest BCUT2D eigenvalue weighted by Gasteiger charge is 2.47.